The number of aliphatic imine (C=N–C) groups is 1. The summed E-state index contributed by atoms with van der Waals surface area (Å²) < 4.78 is 0. The van der Waals surface area contributed by atoms with Crippen LogP contribution in [0.15, 0.2) is 46.8 Å². The topological polar surface area (TPSA) is 79.6 Å². The van der Waals surface area contributed by atoms with Gasteiger partial charge in [-0.3, -0.25) is 10.1 Å². The molecule has 0 saturated heterocycles. The van der Waals surface area contributed by atoms with E-state index in [1.165, 1.54) is 29.9 Å². The number of halogens is 1. The third kappa shape index (κ3) is 6.62. The Morgan fingerprint density at radius 2 is 2.04 bits per heavy atom. The molecule has 8 heteroatoms. The van der Waals surface area contributed by atoms with Gasteiger partial charge in [0.1, 0.15) is 0 Å². The summed E-state index contributed by atoms with van der Waals surface area (Å²) in [6.45, 7) is 1.33. The molecule has 0 amide bonds. The Kier molecular flexibility index (Phi) is 7.63. The van der Waals surface area contributed by atoms with Gasteiger partial charge in [0.05, 0.1) is 11.5 Å². The van der Waals surface area contributed by atoms with E-state index in [4.69, 9.17) is 0 Å². The number of hydrogen-bond donors (Lipinski definition) is 2. The van der Waals surface area contributed by atoms with Gasteiger partial charge in [-0.05, 0) is 36.3 Å². The molecule has 2 aromatic rings. The maximum atomic E-state index is 10.7. The van der Waals surface area contributed by atoms with Crippen molar-refractivity contribution in [3.05, 3.63) is 62.3 Å². The van der Waals surface area contributed by atoms with E-state index in [1.807, 2.05) is 0 Å². The van der Waals surface area contributed by atoms with E-state index in [9.17, 15) is 10.1 Å². The number of nitrogens with one attached hydrogen (secondary N) is 2. The van der Waals surface area contributed by atoms with Crippen molar-refractivity contribution in [2.24, 2.45) is 4.99 Å². The molecule has 2 N–H and O–H groups in total. The summed E-state index contributed by atoms with van der Waals surface area (Å²) in [6.07, 6.45) is 3.34. The number of benzene rings is 1. The summed E-state index contributed by atoms with van der Waals surface area (Å²) in [7, 11) is 0. The predicted octanol–water partition coefficient (Wildman–Crippen LogP) is 3.71. The molecule has 0 bridgehead atoms. The van der Waals surface area contributed by atoms with Gasteiger partial charge < -0.3 is 10.6 Å². The van der Waals surface area contributed by atoms with E-state index in [-0.39, 0.29) is 34.6 Å². The van der Waals surface area contributed by atoms with Gasteiger partial charge in [-0.2, -0.15) is 0 Å². The molecule has 1 saturated carbocycles. The van der Waals surface area contributed by atoms with E-state index in [2.05, 4.69) is 33.1 Å². The lowest BCUT2D eigenvalue weighted by Gasteiger charge is -2.11. The molecule has 1 fully saturated rings. The van der Waals surface area contributed by atoms with Crippen LogP contribution in [-0.2, 0) is 13.0 Å². The van der Waals surface area contributed by atoms with Gasteiger partial charge in [0, 0.05) is 29.6 Å². The summed E-state index contributed by atoms with van der Waals surface area (Å²) in [5, 5.41) is 19.5. The van der Waals surface area contributed by atoms with Gasteiger partial charge in [-0.25, -0.2) is 4.99 Å². The highest BCUT2D eigenvalue weighted by atomic mass is 127. The van der Waals surface area contributed by atoms with Crippen molar-refractivity contribution in [3.8, 4) is 0 Å². The monoisotopic (exact) mass is 472 g/mol. The van der Waals surface area contributed by atoms with Crippen molar-refractivity contribution in [2.45, 2.75) is 31.8 Å². The van der Waals surface area contributed by atoms with Crippen LogP contribution < -0.4 is 10.6 Å². The Bertz CT molecular complexity index is 700. The van der Waals surface area contributed by atoms with Gasteiger partial charge in [-0.1, -0.05) is 18.2 Å². The Morgan fingerprint density at radius 3 is 2.64 bits per heavy atom. The molecule has 6 nitrogen and oxygen atoms in total. The van der Waals surface area contributed by atoms with Gasteiger partial charge in [-0.15, -0.1) is 35.3 Å². The molecule has 0 radical (unpaired) electrons. The lowest BCUT2D eigenvalue weighted by Crippen LogP contribution is -2.39. The number of nitrogens with zero attached hydrogens (tertiary/aromatic N) is 2. The molecule has 0 unspecified atom stereocenters. The first-order valence-electron chi connectivity index (χ1n) is 8.01. The maximum Gasteiger partial charge on any atom is 0.269 e. The summed E-state index contributed by atoms with van der Waals surface area (Å²) >= 11 is 1.76. The number of guanidine groups is 1. The third-order valence-corrected chi connectivity index (χ3v) is 4.67. The third-order valence-electron chi connectivity index (χ3n) is 3.73. The molecule has 0 spiro atoms. The van der Waals surface area contributed by atoms with Crippen molar-refractivity contribution in [1.82, 2.24) is 10.6 Å². The summed E-state index contributed by atoms with van der Waals surface area (Å²) in [5.74, 6) is 0.812. The number of non-ortho nitro benzene ring substituents is 1. The zero-order chi connectivity index (χ0) is 16.8. The number of hydrogen-bond acceptors (Lipinski definition) is 4. The van der Waals surface area contributed by atoms with E-state index in [0.29, 0.717) is 12.6 Å². The highest BCUT2D eigenvalue weighted by molar-refractivity contribution is 14.0. The van der Waals surface area contributed by atoms with Crippen LogP contribution in [0.3, 0.4) is 0 Å². The lowest BCUT2D eigenvalue weighted by molar-refractivity contribution is -0.384. The SMILES string of the molecule is I.O=[N+]([O-])c1ccc(CN=C(NCCc2cccs2)NC2CC2)cc1. The second-order valence-electron chi connectivity index (χ2n) is 5.76. The van der Waals surface area contributed by atoms with E-state index >= 15 is 0 Å². The highest BCUT2D eigenvalue weighted by Gasteiger charge is 2.22. The van der Waals surface area contributed by atoms with Crippen LogP contribution in [0.2, 0.25) is 0 Å². The fourth-order valence-corrected chi connectivity index (χ4v) is 2.93. The molecule has 1 heterocycles. The van der Waals surface area contributed by atoms with Crippen LogP contribution in [0.5, 0.6) is 0 Å². The number of nitro groups is 1. The second kappa shape index (κ2) is 9.71. The van der Waals surface area contributed by atoms with E-state index < -0.39 is 0 Å². The Balaban J connectivity index is 0.00000225. The van der Waals surface area contributed by atoms with Crippen LogP contribution >= 0.6 is 35.3 Å². The summed E-state index contributed by atoms with van der Waals surface area (Å²) in [5.41, 5.74) is 1.06. The molecule has 1 aliphatic carbocycles. The van der Waals surface area contributed by atoms with E-state index in [0.717, 1.165) is 24.5 Å². The smallest absolute Gasteiger partial charge is 0.269 e. The number of thiophene rings is 1. The molecule has 134 valence electrons. The van der Waals surface area contributed by atoms with Crippen molar-refractivity contribution < 1.29 is 4.92 Å². The van der Waals surface area contributed by atoms with Crippen molar-refractivity contribution in [2.75, 3.05) is 6.54 Å². The minimum atomic E-state index is -0.390. The minimum Gasteiger partial charge on any atom is -0.356 e. The highest BCUT2D eigenvalue weighted by Crippen LogP contribution is 2.18. The Labute approximate surface area is 167 Å². The first-order valence-corrected chi connectivity index (χ1v) is 8.89. The number of nitro benzene ring substituents is 1. The maximum absolute atomic E-state index is 10.7. The normalized spacial score (nSPS) is 13.8. The first kappa shape index (κ1) is 19.6. The van der Waals surface area contributed by atoms with Gasteiger partial charge in [0.25, 0.3) is 5.69 Å². The summed E-state index contributed by atoms with van der Waals surface area (Å²) in [6, 6.07) is 11.3. The molecular formula is C17H21IN4O2S. The molecular weight excluding hydrogens is 451 g/mol. The second-order valence-corrected chi connectivity index (χ2v) is 6.80. The van der Waals surface area contributed by atoms with Gasteiger partial charge >= 0.3 is 0 Å². The average molecular weight is 472 g/mol. The fourth-order valence-electron chi connectivity index (χ4n) is 2.23. The summed E-state index contributed by atoms with van der Waals surface area (Å²) in [4.78, 5) is 16.2. The Morgan fingerprint density at radius 1 is 1.28 bits per heavy atom. The van der Waals surface area contributed by atoms with Gasteiger partial charge in [0.2, 0.25) is 0 Å². The van der Waals surface area contributed by atoms with Crippen LogP contribution in [0, 0.1) is 10.1 Å². The number of rotatable bonds is 7. The quantitative estimate of drug-likeness (QED) is 0.212. The molecule has 0 aliphatic heterocycles. The molecule has 1 aliphatic rings. The van der Waals surface area contributed by atoms with Crippen molar-refractivity contribution in [1.29, 1.82) is 0 Å². The standard InChI is InChI=1S/C17H20N4O2S.HI/c22-21(23)15-7-3-13(4-8-15)12-19-17(20-14-5-6-14)18-10-9-16-2-1-11-24-16;/h1-4,7-8,11,14H,5-6,9-10,12H2,(H2,18,19,20);1H. The largest absolute Gasteiger partial charge is 0.356 e. The molecule has 0 atom stereocenters. The molecule has 3 rings (SSSR count). The predicted molar refractivity (Wildman–Crippen MR) is 112 cm³/mol. The van der Waals surface area contributed by atoms with Crippen LogP contribution in [0.4, 0.5) is 5.69 Å². The minimum absolute atomic E-state index is 0. The van der Waals surface area contributed by atoms with Crippen LogP contribution in [0.1, 0.15) is 23.3 Å². The first-order chi connectivity index (χ1) is 11.7. The van der Waals surface area contributed by atoms with Crippen molar-refractivity contribution >= 4 is 47.0 Å². The van der Waals surface area contributed by atoms with Gasteiger partial charge in [0.15, 0.2) is 5.96 Å². The molecule has 1 aromatic carbocycles. The lowest BCUT2D eigenvalue weighted by atomic mass is 10.2. The average Bonchev–Trinajstić information content (AvgIpc) is 3.25. The van der Waals surface area contributed by atoms with Crippen LogP contribution in [-0.4, -0.2) is 23.5 Å². The van der Waals surface area contributed by atoms with Crippen molar-refractivity contribution in [3.63, 3.8) is 0 Å². The molecule has 25 heavy (non-hydrogen) atoms. The molecule has 1 aromatic heterocycles. The zero-order valence-electron chi connectivity index (χ0n) is 13.7. The fraction of sp³-hybridized carbons (Fsp3) is 0.353. The van der Waals surface area contributed by atoms with Crippen LogP contribution in [0.25, 0.3) is 0 Å². The van der Waals surface area contributed by atoms with E-state index in [1.54, 1.807) is 23.5 Å². The Hall–Kier alpha value is -1.68. The zero-order valence-corrected chi connectivity index (χ0v) is 16.8.